The minimum absolute atomic E-state index is 0.428. The van der Waals surface area contributed by atoms with Crippen LogP contribution in [-0.4, -0.2) is 44.2 Å². The summed E-state index contributed by atoms with van der Waals surface area (Å²) in [4.78, 5) is 4.92. The Morgan fingerprint density at radius 1 is 1.22 bits per heavy atom. The summed E-state index contributed by atoms with van der Waals surface area (Å²) in [6.07, 6.45) is 1.21. The van der Waals surface area contributed by atoms with Crippen molar-refractivity contribution < 1.29 is 0 Å². The molecule has 0 bridgehead atoms. The number of benzene rings is 1. The monoisotopic (exact) mass is 247 g/mol. The van der Waals surface area contributed by atoms with Crippen LogP contribution in [0.4, 0.5) is 5.69 Å². The Bertz CT molecular complexity index is 382. The highest BCUT2D eigenvalue weighted by atomic mass is 15.2. The average molecular weight is 247 g/mol. The molecule has 3 nitrogen and oxygen atoms in total. The lowest BCUT2D eigenvalue weighted by atomic mass is 10.1. The number of nitrogens with zero attached hydrogens (tertiary/aromatic N) is 2. The van der Waals surface area contributed by atoms with E-state index in [2.05, 4.69) is 48.9 Å². The second-order valence-corrected chi connectivity index (χ2v) is 5.44. The van der Waals surface area contributed by atoms with Gasteiger partial charge in [0.1, 0.15) is 0 Å². The Morgan fingerprint density at radius 3 is 2.50 bits per heavy atom. The minimum Gasteiger partial charge on any atom is -0.366 e. The van der Waals surface area contributed by atoms with Crippen molar-refractivity contribution in [1.29, 1.82) is 0 Å². The van der Waals surface area contributed by atoms with E-state index in [0.717, 1.165) is 26.2 Å². The molecule has 1 aliphatic heterocycles. The predicted octanol–water partition coefficient (Wildman–Crippen LogP) is 1.77. The van der Waals surface area contributed by atoms with E-state index in [0.29, 0.717) is 6.04 Å². The van der Waals surface area contributed by atoms with Gasteiger partial charge in [0.2, 0.25) is 0 Å². The van der Waals surface area contributed by atoms with E-state index >= 15 is 0 Å². The van der Waals surface area contributed by atoms with Gasteiger partial charge < -0.3 is 15.5 Å². The highest BCUT2D eigenvalue weighted by Gasteiger charge is 2.24. The van der Waals surface area contributed by atoms with Gasteiger partial charge in [-0.2, -0.15) is 0 Å². The molecule has 2 rings (SSSR count). The van der Waals surface area contributed by atoms with Crippen molar-refractivity contribution in [3.63, 3.8) is 0 Å². The van der Waals surface area contributed by atoms with Crippen LogP contribution in [0.2, 0.25) is 0 Å². The van der Waals surface area contributed by atoms with Crippen LogP contribution in [0, 0.1) is 13.8 Å². The lowest BCUT2D eigenvalue weighted by Gasteiger charge is -2.34. The zero-order valence-electron chi connectivity index (χ0n) is 11.8. The number of likely N-dealkylation sites (N-methyl/N-ethyl adjacent to an activating group) is 1. The van der Waals surface area contributed by atoms with Crippen LogP contribution in [0.25, 0.3) is 0 Å². The highest BCUT2D eigenvalue weighted by molar-refractivity contribution is 5.59. The molecule has 0 radical (unpaired) electrons. The molecule has 0 spiro atoms. The smallest absolute Gasteiger partial charge is 0.0539 e. The van der Waals surface area contributed by atoms with E-state index in [-0.39, 0.29) is 0 Å². The maximum atomic E-state index is 5.99. The van der Waals surface area contributed by atoms with Crippen molar-refractivity contribution in [3.8, 4) is 0 Å². The first-order valence-corrected chi connectivity index (χ1v) is 6.85. The van der Waals surface area contributed by atoms with E-state index in [1.54, 1.807) is 0 Å². The first-order valence-electron chi connectivity index (χ1n) is 6.85. The normalized spacial score (nSPS) is 22.0. The van der Waals surface area contributed by atoms with E-state index in [1.165, 1.54) is 23.2 Å². The summed E-state index contributed by atoms with van der Waals surface area (Å²) < 4.78 is 0. The molecule has 0 saturated carbocycles. The molecule has 1 aromatic carbocycles. The van der Waals surface area contributed by atoms with E-state index in [4.69, 9.17) is 5.73 Å². The second kappa shape index (κ2) is 5.72. The summed E-state index contributed by atoms with van der Waals surface area (Å²) in [5, 5.41) is 0. The number of anilines is 1. The zero-order valence-corrected chi connectivity index (χ0v) is 11.8. The Morgan fingerprint density at radius 2 is 1.89 bits per heavy atom. The first kappa shape index (κ1) is 13.4. The number of hydrogen-bond donors (Lipinski definition) is 1. The third-order valence-corrected chi connectivity index (χ3v) is 3.90. The Balaban J connectivity index is 2.34. The van der Waals surface area contributed by atoms with Gasteiger partial charge in [-0.1, -0.05) is 18.2 Å². The lowest BCUT2D eigenvalue weighted by Crippen LogP contribution is -2.45. The molecule has 18 heavy (non-hydrogen) atoms. The molecular formula is C15H25N3. The predicted molar refractivity (Wildman–Crippen MR) is 78.2 cm³/mol. The highest BCUT2D eigenvalue weighted by Crippen LogP contribution is 2.27. The summed E-state index contributed by atoms with van der Waals surface area (Å²) in [6.45, 7) is 8.45. The van der Waals surface area contributed by atoms with Crippen molar-refractivity contribution in [3.05, 3.63) is 29.3 Å². The van der Waals surface area contributed by atoms with Crippen LogP contribution in [0.1, 0.15) is 17.5 Å². The van der Waals surface area contributed by atoms with Crippen LogP contribution in [0.5, 0.6) is 0 Å². The van der Waals surface area contributed by atoms with Gasteiger partial charge in [0.05, 0.1) is 6.04 Å². The largest absolute Gasteiger partial charge is 0.366 e. The summed E-state index contributed by atoms with van der Waals surface area (Å²) in [6, 6.07) is 6.96. The number of aryl methyl sites for hydroxylation is 2. The maximum Gasteiger partial charge on any atom is 0.0539 e. The first-order chi connectivity index (χ1) is 8.63. The molecular weight excluding hydrogens is 222 g/mol. The fraction of sp³-hybridized carbons (Fsp3) is 0.600. The molecule has 1 atom stereocenters. The van der Waals surface area contributed by atoms with Crippen molar-refractivity contribution in [2.45, 2.75) is 26.3 Å². The average Bonchev–Trinajstić information content (AvgIpc) is 2.51. The molecule has 1 unspecified atom stereocenters. The fourth-order valence-electron chi connectivity index (χ4n) is 3.00. The van der Waals surface area contributed by atoms with Gasteiger partial charge in [0, 0.05) is 25.3 Å². The van der Waals surface area contributed by atoms with Crippen molar-refractivity contribution in [2.75, 3.05) is 38.1 Å². The third kappa shape index (κ3) is 2.68. The van der Waals surface area contributed by atoms with Crippen molar-refractivity contribution in [1.82, 2.24) is 4.90 Å². The third-order valence-electron chi connectivity index (χ3n) is 3.90. The molecule has 1 heterocycles. The van der Waals surface area contributed by atoms with E-state index < -0.39 is 0 Å². The molecule has 3 heteroatoms. The molecule has 0 aromatic heterocycles. The lowest BCUT2D eigenvalue weighted by molar-refractivity contribution is 0.332. The van der Waals surface area contributed by atoms with Gasteiger partial charge in [-0.3, -0.25) is 0 Å². The van der Waals surface area contributed by atoms with Gasteiger partial charge in [-0.15, -0.1) is 0 Å². The molecule has 0 amide bonds. The molecule has 1 fully saturated rings. The van der Waals surface area contributed by atoms with Crippen LogP contribution in [0.15, 0.2) is 18.2 Å². The summed E-state index contributed by atoms with van der Waals surface area (Å²) in [7, 11) is 2.19. The quantitative estimate of drug-likeness (QED) is 0.864. The minimum atomic E-state index is 0.428. The summed E-state index contributed by atoms with van der Waals surface area (Å²) >= 11 is 0. The van der Waals surface area contributed by atoms with Gasteiger partial charge in [-0.05, 0) is 45.0 Å². The van der Waals surface area contributed by atoms with Gasteiger partial charge in [0.15, 0.2) is 0 Å². The second-order valence-electron chi connectivity index (χ2n) is 5.44. The number of nitrogens with two attached hydrogens (primary N) is 1. The number of rotatable bonds is 2. The summed E-state index contributed by atoms with van der Waals surface area (Å²) in [5.41, 5.74) is 10.1. The standard InChI is InChI=1S/C15H25N3/c1-12-6-4-7-13(2)15(12)18-9-5-8-17(3)11-14(18)10-16/h4,6-7,14H,5,8-11,16H2,1-3H3. The molecule has 1 aliphatic rings. The molecule has 1 aromatic rings. The van der Waals surface area contributed by atoms with Crippen LogP contribution >= 0.6 is 0 Å². The van der Waals surface area contributed by atoms with Crippen LogP contribution < -0.4 is 10.6 Å². The maximum absolute atomic E-state index is 5.99. The van der Waals surface area contributed by atoms with Crippen LogP contribution in [0.3, 0.4) is 0 Å². The molecule has 0 aliphatic carbocycles. The van der Waals surface area contributed by atoms with Gasteiger partial charge in [-0.25, -0.2) is 0 Å². The van der Waals surface area contributed by atoms with Crippen molar-refractivity contribution in [2.24, 2.45) is 5.73 Å². The topological polar surface area (TPSA) is 32.5 Å². The zero-order chi connectivity index (χ0) is 13.1. The van der Waals surface area contributed by atoms with Gasteiger partial charge in [0.25, 0.3) is 0 Å². The fourth-order valence-corrected chi connectivity index (χ4v) is 3.00. The molecule has 100 valence electrons. The van der Waals surface area contributed by atoms with E-state index in [1.807, 2.05) is 0 Å². The molecule has 1 saturated heterocycles. The number of para-hydroxylation sites is 1. The SMILES string of the molecule is Cc1cccc(C)c1N1CCCN(C)CC1CN. The number of hydrogen-bond acceptors (Lipinski definition) is 3. The van der Waals surface area contributed by atoms with Crippen molar-refractivity contribution >= 4 is 5.69 Å². The molecule has 2 N–H and O–H groups in total. The van der Waals surface area contributed by atoms with Crippen LogP contribution in [-0.2, 0) is 0 Å². The van der Waals surface area contributed by atoms with Gasteiger partial charge >= 0.3 is 0 Å². The Hall–Kier alpha value is -1.06. The Kier molecular flexibility index (Phi) is 4.25. The Labute approximate surface area is 111 Å². The summed E-state index contributed by atoms with van der Waals surface area (Å²) in [5.74, 6) is 0. The van der Waals surface area contributed by atoms with E-state index in [9.17, 15) is 0 Å².